The van der Waals surface area contributed by atoms with Gasteiger partial charge in [-0.3, -0.25) is 30.6 Å². The molecule has 3 rings (SSSR count). The maximum atomic E-state index is 11.9. The molecule has 0 unspecified atom stereocenters. The summed E-state index contributed by atoms with van der Waals surface area (Å²) in [5, 5.41) is 10.6. The fraction of sp³-hybridized carbons (Fsp3) is 0.105. The van der Waals surface area contributed by atoms with Crippen LogP contribution in [0.3, 0.4) is 0 Å². The van der Waals surface area contributed by atoms with E-state index >= 15 is 0 Å². The molecule has 0 saturated carbocycles. The summed E-state index contributed by atoms with van der Waals surface area (Å²) in [5.41, 5.74) is 5.49. The van der Waals surface area contributed by atoms with Crippen molar-refractivity contribution in [1.82, 2.24) is 15.8 Å². The summed E-state index contributed by atoms with van der Waals surface area (Å²) < 4.78 is 5.61. The number of amides is 2. The molecule has 0 bridgehead atoms. The number of non-ortho nitro benzene ring substituents is 1. The topological polar surface area (TPSA) is 127 Å². The first-order valence-corrected chi connectivity index (χ1v) is 8.36. The number of rotatable bonds is 6. The van der Waals surface area contributed by atoms with Gasteiger partial charge in [-0.15, -0.1) is 0 Å². The lowest BCUT2D eigenvalue weighted by molar-refractivity contribution is -0.384. The molecule has 0 radical (unpaired) electrons. The molecular formula is C19H16N4O5. The number of nitrogens with zero attached hydrogens (tertiary/aromatic N) is 2. The summed E-state index contributed by atoms with van der Waals surface area (Å²) in [5.74, 6) is 0.0265. The Morgan fingerprint density at radius 3 is 2.43 bits per heavy atom. The maximum Gasteiger partial charge on any atom is 0.269 e. The average molecular weight is 380 g/mol. The molecule has 142 valence electrons. The van der Waals surface area contributed by atoms with Crippen molar-refractivity contribution in [3.63, 3.8) is 0 Å². The highest BCUT2D eigenvalue weighted by atomic mass is 16.6. The molecule has 9 nitrogen and oxygen atoms in total. The van der Waals surface area contributed by atoms with Crippen LogP contribution in [0.25, 0.3) is 11.3 Å². The highest BCUT2D eigenvalue weighted by Gasteiger charge is 2.12. The van der Waals surface area contributed by atoms with Crippen LogP contribution in [0, 0.1) is 10.1 Å². The Kier molecular flexibility index (Phi) is 5.75. The second-order valence-corrected chi connectivity index (χ2v) is 5.79. The molecule has 2 aromatic carbocycles. The zero-order valence-electron chi connectivity index (χ0n) is 14.6. The van der Waals surface area contributed by atoms with Gasteiger partial charge in [-0.25, -0.2) is 4.98 Å². The van der Waals surface area contributed by atoms with E-state index in [1.165, 1.54) is 24.3 Å². The Labute approximate surface area is 159 Å². The number of nitrogens with one attached hydrogen (secondary N) is 2. The monoisotopic (exact) mass is 380 g/mol. The molecule has 1 aromatic heterocycles. The Balaban J connectivity index is 1.46. The SMILES string of the molecule is O=C(CCc1ncc(-c2ccccc2)o1)NNC(=O)c1ccc([N+](=O)[O-])cc1. The lowest BCUT2D eigenvalue weighted by Crippen LogP contribution is -2.41. The number of aryl methyl sites for hydroxylation is 1. The first kappa shape index (κ1) is 18.8. The second-order valence-electron chi connectivity index (χ2n) is 5.79. The van der Waals surface area contributed by atoms with E-state index in [2.05, 4.69) is 15.8 Å². The van der Waals surface area contributed by atoms with Crippen LogP contribution in [-0.4, -0.2) is 21.7 Å². The van der Waals surface area contributed by atoms with Crippen molar-refractivity contribution in [2.45, 2.75) is 12.8 Å². The number of nitro groups is 1. The van der Waals surface area contributed by atoms with Crippen LogP contribution in [-0.2, 0) is 11.2 Å². The summed E-state index contributed by atoms with van der Waals surface area (Å²) in [6, 6.07) is 14.5. The standard InChI is InChI=1S/C19H16N4O5/c24-17(21-22-19(25)14-6-8-15(9-7-14)23(26)27)10-11-18-20-12-16(28-18)13-4-2-1-3-5-13/h1-9,12H,10-11H2,(H,21,24)(H,22,25). The van der Waals surface area contributed by atoms with Crippen LogP contribution >= 0.6 is 0 Å². The highest BCUT2D eigenvalue weighted by molar-refractivity contribution is 5.95. The molecule has 0 aliphatic carbocycles. The van der Waals surface area contributed by atoms with Crippen molar-refractivity contribution >= 4 is 17.5 Å². The fourth-order valence-corrected chi connectivity index (χ4v) is 2.38. The number of carbonyl (C=O) groups excluding carboxylic acids is 2. The van der Waals surface area contributed by atoms with Crippen molar-refractivity contribution in [2.24, 2.45) is 0 Å². The molecular weight excluding hydrogens is 364 g/mol. The Morgan fingerprint density at radius 2 is 1.75 bits per heavy atom. The van der Waals surface area contributed by atoms with Gasteiger partial charge in [0.15, 0.2) is 11.7 Å². The molecule has 28 heavy (non-hydrogen) atoms. The number of hydrogen-bond donors (Lipinski definition) is 2. The number of carbonyl (C=O) groups is 2. The minimum Gasteiger partial charge on any atom is -0.441 e. The van der Waals surface area contributed by atoms with Gasteiger partial charge < -0.3 is 4.42 Å². The summed E-state index contributed by atoms with van der Waals surface area (Å²) >= 11 is 0. The first-order valence-electron chi connectivity index (χ1n) is 8.36. The van der Waals surface area contributed by atoms with E-state index in [0.29, 0.717) is 11.7 Å². The number of hydrazine groups is 1. The van der Waals surface area contributed by atoms with Crippen LogP contribution in [0.2, 0.25) is 0 Å². The van der Waals surface area contributed by atoms with Gasteiger partial charge in [0.2, 0.25) is 5.91 Å². The summed E-state index contributed by atoms with van der Waals surface area (Å²) in [4.78, 5) is 38.0. The number of aromatic nitrogens is 1. The molecule has 0 atom stereocenters. The largest absolute Gasteiger partial charge is 0.441 e. The molecule has 0 fully saturated rings. The number of benzene rings is 2. The molecule has 9 heteroatoms. The zero-order chi connectivity index (χ0) is 19.9. The number of hydrogen-bond acceptors (Lipinski definition) is 6. The fourth-order valence-electron chi connectivity index (χ4n) is 2.38. The van der Waals surface area contributed by atoms with Crippen LogP contribution in [0.1, 0.15) is 22.7 Å². The third-order valence-electron chi connectivity index (χ3n) is 3.83. The van der Waals surface area contributed by atoms with Crippen molar-refractivity contribution < 1.29 is 18.9 Å². The Morgan fingerprint density at radius 1 is 1.04 bits per heavy atom. The molecule has 2 N–H and O–H groups in total. The van der Waals surface area contributed by atoms with E-state index in [1.807, 2.05) is 30.3 Å². The van der Waals surface area contributed by atoms with E-state index in [4.69, 9.17) is 4.42 Å². The Hall–Kier alpha value is -4.01. The van der Waals surface area contributed by atoms with E-state index in [9.17, 15) is 19.7 Å². The summed E-state index contributed by atoms with van der Waals surface area (Å²) in [6.45, 7) is 0. The molecule has 0 aliphatic rings. The summed E-state index contributed by atoms with van der Waals surface area (Å²) in [6.07, 6.45) is 1.93. The number of nitro benzene ring substituents is 1. The lowest BCUT2D eigenvalue weighted by Gasteiger charge is -2.06. The molecule has 2 amide bonds. The smallest absolute Gasteiger partial charge is 0.269 e. The van der Waals surface area contributed by atoms with Gasteiger partial charge in [-0.1, -0.05) is 30.3 Å². The second kappa shape index (κ2) is 8.58. The van der Waals surface area contributed by atoms with Gasteiger partial charge in [-0.05, 0) is 12.1 Å². The molecule has 0 aliphatic heterocycles. The Bertz CT molecular complexity index is 983. The summed E-state index contributed by atoms with van der Waals surface area (Å²) in [7, 11) is 0. The predicted octanol–water partition coefficient (Wildman–Crippen LogP) is 2.64. The van der Waals surface area contributed by atoms with Crippen LogP contribution in [0.5, 0.6) is 0 Å². The van der Waals surface area contributed by atoms with Gasteiger partial charge >= 0.3 is 0 Å². The van der Waals surface area contributed by atoms with Gasteiger partial charge in [-0.2, -0.15) is 0 Å². The van der Waals surface area contributed by atoms with Gasteiger partial charge in [0, 0.05) is 36.1 Å². The van der Waals surface area contributed by atoms with E-state index in [0.717, 1.165) is 5.56 Å². The van der Waals surface area contributed by atoms with Crippen LogP contribution in [0.4, 0.5) is 5.69 Å². The highest BCUT2D eigenvalue weighted by Crippen LogP contribution is 2.20. The third-order valence-corrected chi connectivity index (χ3v) is 3.83. The zero-order valence-corrected chi connectivity index (χ0v) is 14.6. The average Bonchev–Trinajstić information content (AvgIpc) is 3.20. The third kappa shape index (κ3) is 4.79. The lowest BCUT2D eigenvalue weighted by atomic mass is 10.2. The van der Waals surface area contributed by atoms with Gasteiger partial charge in [0.1, 0.15) is 0 Å². The van der Waals surface area contributed by atoms with Crippen molar-refractivity contribution in [2.75, 3.05) is 0 Å². The molecule has 3 aromatic rings. The normalized spacial score (nSPS) is 10.3. The van der Waals surface area contributed by atoms with Crippen molar-refractivity contribution in [1.29, 1.82) is 0 Å². The minimum absolute atomic E-state index is 0.0648. The quantitative estimate of drug-likeness (QED) is 0.500. The first-order chi connectivity index (χ1) is 13.5. The van der Waals surface area contributed by atoms with Crippen LogP contribution in [0.15, 0.2) is 65.2 Å². The van der Waals surface area contributed by atoms with E-state index < -0.39 is 16.7 Å². The molecule has 0 saturated heterocycles. The van der Waals surface area contributed by atoms with E-state index in [1.54, 1.807) is 6.20 Å². The van der Waals surface area contributed by atoms with E-state index in [-0.39, 0.29) is 24.1 Å². The van der Waals surface area contributed by atoms with Crippen LogP contribution < -0.4 is 10.9 Å². The van der Waals surface area contributed by atoms with Gasteiger partial charge in [0.05, 0.1) is 11.1 Å². The predicted molar refractivity (Wildman–Crippen MR) is 99.0 cm³/mol. The minimum atomic E-state index is -0.578. The number of oxazole rings is 1. The van der Waals surface area contributed by atoms with Crippen molar-refractivity contribution in [3.8, 4) is 11.3 Å². The van der Waals surface area contributed by atoms with Gasteiger partial charge in [0.25, 0.3) is 11.6 Å². The molecule has 0 spiro atoms. The van der Waals surface area contributed by atoms with Crippen molar-refractivity contribution in [3.05, 3.63) is 82.4 Å². The maximum absolute atomic E-state index is 11.9. The molecule has 1 heterocycles.